The minimum Gasteiger partial charge on any atom is -0.507 e. The Balaban J connectivity index is 1.79. The molecular formula is C21H24N2O3. The number of hydrogen-bond acceptors (Lipinski definition) is 4. The van der Waals surface area contributed by atoms with E-state index in [1.807, 2.05) is 29.2 Å². The summed E-state index contributed by atoms with van der Waals surface area (Å²) in [6, 6.07) is 12.5. The van der Waals surface area contributed by atoms with Crippen LogP contribution in [0.4, 0.5) is 0 Å². The van der Waals surface area contributed by atoms with Crippen LogP contribution in [0.25, 0.3) is 11.1 Å². The topological polar surface area (TPSA) is 83.6 Å². The molecule has 0 spiro atoms. The molecule has 0 bridgehead atoms. The zero-order valence-electron chi connectivity index (χ0n) is 14.9. The Labute approximate surface area is 153 Å². The maximum absolute atomic E-state index is 12.7. The van der Waals surface area contributed by atoms with Crippen molar-refractivity contribution in [2.24, 2.45) is 5.73 Å². The number of carbonyl (C=O) groups is 2. The van der Waals surface area contributed by atoms with Crippen molar-refractivity contribution in [3.8, 4) is 16.9 Å². The van der Waals surface area contributed by atoms with E-state index < -0.39 is 0 Å². The van der Waals surface area contributed by atoms with Gasteiger partial charge in [0.25, 0.3) is 5.91 Å². The van der Waals surface area contributed by atoms with Crippen molar-refractivity contribution in [3.05, 3.63) is 53.6 Å². The lowest BCUT2D eigenvalue weighted by atomic mass is 9.99. The van der Waals surface area contributed by atoms with Gasteiger partial charge in [-0.15, -0.1) is 0 Å². The second-order valence-corrected chi connectivity index (χ2v) is 6.85. The molecule has 0 saturated carbocycles. The number of hydrogen-bond donors (Lipinski definition) is 2. The number of aromatic hydroxyl groups is 1. The first-order chi connectivity index (χ1) is 12.5. The number of Topliss-reactive ketones (excluding diaryl/α,β-unsaturated/α-hetero) is 1. The number of nitrogens with zero attached hydrogens (tertiary/aromatic N) is 1. The third-order valence-electron chi connectivity index (χ3n) is 4.90. The van der Waals surface area contributed by atoms with Crippen molar-refractivity contribution in [2.45, 2.75) is 32.2 Å². The summed E-state index contributed by atoms with van der Waals surface area (Å²) < 4.78 is 0. The SMILES string of the molecule is CC(=O)c1cc(-c2ccc(C(=O)N3CCC[C@H](N)CC3)cc2)ccc1O. The van der Waals surface area contributed by atoms with E-state index in [0.29, 0.717) is 17.7 Å². The molecule has 1 heterocycles. The first kappa shape index (κ1) is 18.1. The molecular weight excluding hydrogens is 328 g/mol. The van der Waals surface area contributed by atoms with Gasteiger partial charge in [0.05, 0.1) is 5.56 Å². The van der Waals surface area contributed by atoms with Crippen LogP contribution in [0.5, 0.6) is 5.75 Å². The molecule has 1 atom stereocenters. The molecule has 0 unspecified atom stereocenters. The van der Waals surface area contributed by atoms with Gasteiger partial charge in [-0.3, -0.25) is 9.59 Å². The molecule has 0 aliphatic carbocycles. The van der Waals surface area contributed by atoms with Crippen molar-refractivity contribution in [3.63, 3.8) is 0 Å². The monoisotopic (exact) mass is 352 g/mol. The second kappa shape index (κ2) is 7.70. The molecule has 5 nitrogen and oxygen atoms in total. The Morgan fingerprint density at radius 3 is 2.42 bits per heavy atom. The number of amides is 1. The number of phenols is 1. The van der Waals surface area contributed by atoms with Gasteiger partial charge in [-0.2, -0.15) is 0 Å². The Hall–Kier alpha value is -2.66. The van der Waals surface area contributed by atoms with Crippen LogP contribution in [0.2, 0.25) is 0 Å². The van der Waals surface area contributed by atoms with Crippen LogP contribution < -0.4 is 5.73 Å². The highest BCUT2D eigenvalue weighted by atomic mass is 16.3. The van der Waals surface area contributed by atoms with Crippen molar-refractivity contribution < 1.29 is 14.7 Å². The summed E-state index contributed by atoms with van der Waals surface area (Å²) in [5.74, 6) is -0.177. The van der Waals surface area contributed by atoms with Crippen LogP contribution in [0.1, 0.15) is 46.9 Å². The largest absolute Gasteiger partial charge is 0.507 e. The molecule has 3 rings (SSSR count). The van der Waals surface area contributed by atoms with Gasteiger partial charge in [0.2, 0.25) is 0 Å². The van der Waals surface area contributed by atoms with Crippen molar-refractivity contribution >= 4 is 11.7 Å². The van der Waals surface area contributed by atoms with Gasteiger partial charge in [-0.05, 0) is 61.6 Å². The van der Waals surface area contributed by atoms with Gasteiger partial charge in [0.1, 0.15) is 5.75 Å². The zero-order valence-corrected chi connectivity index (χ0v) is 14.9. The smallest absolute Gasteiger partial charge is 0.253 e. The summed E-state index contributed by atoms with van der Waals surface area (Å²) in [4.78, 5) is 26.2. The van der Waals surface area contributed by atoms with E-state index in [1.54, 1.807) is 12.1 Å². The third-order valence-corrected chi connectivity index (χ3v) is 4.90. The van der Waals surface area contributed by atoms with Crippen LogP contribution in [0.15, 0.2) is 42.5 Å². The summed E-state index contributed by atoms with van der Waals surface area (Å²) in [5, 5.41) is 9.78. The molecule has 2 aromatic rings. The fourth-order valence-corrected chi connectivity index (χ4v) is 3.31. The van der Waals surface area contributed by atoms with E-state index in [4.69, 9.17) is 5.73 Å². The van der Waals surface area contributed by atoms with Gasteiger partial charge in [0, 0.05) is 24.7 Å². The molecule has 1 aliphatic heterocycles. The summed E-state index contributed by atoms with van der Waals surface area (Å²) in [6.45, 7) is 2.86. The van der Waals surface area contributed by atoms with Gasteiger partial charge < -0.3 is 15.7 Å². The predicted molar refractivity (Wildman–Crippen MR) is 101 cm³/mol. The van der Waals surface area contributed by atoms with Crippen LogP contribution in [0, 0.1) is 0 Å². The molecule has 26 heavy (non-hydrogen) atoms. The minimum absolute atomic E-state index is 0.0209. The molecule has 1 fully saturated rings. The number of benzene rings is 2. The number of carbonyl (C=O) groups excluding carboxylic acids is 2. The Morgan fingerprint density at radius 1 is 1.04 bits per heavy atom. The number of ketones is 1. The van der Waals surface area contributed by atoms with E-state index in [1.165, 1.54) is 13.0 Å². The first-order valence-corrected chi connectivity index (χ1v) is 8.95. The van der Waals surface area contributed by atoms with Gasteiger partial charge in [-0.25, -0.2) is 0 Å². The highest BCUT2D eigenvalue weighted by Gasteiger charge is 2.20. The number of rotatable bonds is 3. The molecule has 3 N–H and O–H groups in total. The van der Waals surface area contributed by atoms with E-state index in [-0.39, 0.29) is 23.5 Å². The van der Waals surface area contributed by atoms with Gasteiger partial charge >= 0.3 is 0 Å². The molecule has 2 aromatic carbocycles. The van der Waals surface area contributed by atoms with Crippen LogP contribution in [-0.4, -0.2) is 40.8 Å². The van der Waals surface area contributed by atoms with E-state index in [2.05, 4.69) is 0 Å². The van der Waals surface area contributed by atoms with Crippen molar-refractivity contribution in [1.82, 2.24) is 4.90 Å². The Kier molecular flexibility index (Phi) is 5.38. The molecule has 5 heteroatoms. The first-order valence-electron chi connectivity index (χ1n) is 8.95. The van der Waals surface area contributed by atoms with Gasteiger partial charge in [-0.1, -0.05) is 18.2 Å². The van der Waals surface area contributed by atoms with Crippen LogP contribution >= 0.6 is 0 Å². The molecule has 1 saturated heterocycles. The Morgan fingerprint density at radius 2 is 1.73 bits per heavy atom. The average Bonchev–Trinajstić information content (AvgIpc) is 2.86. The van der Waals surface area contributed by atoms with E-state index >= 15 is 0 Å². The zero-order chi connectivity index (χ0) is 18.7. The van der Waals surface area contributed by atoms with Crippen LogP contribution in [0.3, 0.4) is 0 Å². The highest BCUT2D eigenvalue weighted by molar-refractivity contribution is 5.98. The maximum atomic E-state index is 12.7. The summed E-state index contributed by atoms with van der Waals surface area (Å²) >= 11 is 0. The average molecular weight is 352 g/mol. The standard InChI is InChI=1S/C21H24N2O3/c1-14(24)19-13-17(8-9-20(19)25)15-4-6-16(7-5-15)21(26)23-11-2-3-18(22)10-12-23/h4-9,13,18,25H,2-3,10-12,22H2,1H3/t18-/m0/s1. The maximum Gasteiger partial charge on any atom is 0.253 e. The Bertz CT molecular complexity index is 815. The summed E-state index contributed by atoms with van der Waals surface area (Å²) in [6.07, 6.45) is 2.74. The quantitative estimate of drug-likeness (QED) is 0.831. The third kappa shape index (κ3) is 3.94. The lowest BCUT2D eigenvalue weighted by molar-refractivity contribution is 0.0761. The van der Waals surface area contributed by atoms with Crippen LogP contribution in [-0.2, 0) is 0 Å². The number of phenolic OH excluding ortho intramolecular Hbond substituents is 1. The molecule has 0 radical (unpaired) electrons. The van der Waals surface area contributed by atoms with E-state index in [9.17, 15) is 14.7 Å². The van der Waals surface area contributed by atoms with Crippen molar-refractivity contribution in [2.75, 3.05) is 13.1 Å². The number of likely N-dealkylation sites (tertiary alicyclic amines) is 1. The highest BCUT2D eigenvalue weighted by Crippen LogP contribution is 2.27. The predicted octanol–water partition coefficient (Wildman–Crippen LogP) is 3.22. The normalized spacial score (nSPS) is 17.6. The molecule has 136 valence electrons. The second-order valence-electron chi connectivity index (χ2n) is 6.85. The van der Waals surface area contributed by atoms with Crippen molar-refractivity contribution in [1.29, 1.82) is 0 Å². The minimum atomic E-state index is -0.185. The molecule has 1 aliphatic rings. The lowest BCUT2D eigenvalue weighted by Gasteiger charge is -2.20. The summed E-state index contributed by atoms with van der Waals surface area (Å²) in [7, 11) is 0. The summed E-state index contributed by atoms with van der Waals surface area (Å²) in [5.41, 5.74) is 8.64. The van der Waals surface area contributed by atoms with E-state index in [0.717, 1.165) is 36.9 Å². The lowest BCUT2D eigenvalue weighted by Crippen LogP contribution is -2.32. The molecule has 0 aromatic heterocycles. The fourth-order valence-electron chi connectivity index (χ4n) is 3.31. The fraction of sp³-hybridized carbons (Fsp3) is 0.333. The number of nitrogens with two attached hydrogens (primary N) is 1. The molecule has 1 amide bonds. The van der Waals surface area contributed by atoms with Gasteiger partial charge in [0.15, 0.2) is 5.78 Å².